The van der Waals surface area contributed by atoms with Gasteiger partial charge in [0, 0.05) is 13.1 Å². The maximum atomic E-state index is 12.9. The minimum Gasteiger partial charge on any atom is -0.378 e. The fourth-order valence-corrected chi connectivity index (χ4v) is 2.88. The predicted octanol–water partition coefficient (Wildman–Crippen LogP) is 1.45. The summed E-state index contributed by atoms with van der Waals surface area (Å²) in [7, 11) is 0. The lowest BCUT2D eigenvalue weighted by Gasteiger charge is -2.31. The fourth-order valence-electron chi connectivity index (χ4n) is 2.88. The monoisotopic (exact) mass is 353 g/mol. The van der Waals surface area contributed by atoms with E-state index in [-0.39, 0.29) is 18.2 Å². The number of hydrazine groups is 1. The number of benzene rings is 2. The lowest BCUT2D eigenvalue weighted by atomic mass is 10.1. The first kappa shape index (κ1) is 18.1. The van der Waals surface area contributed by atoms with E-state index in [4.69, 9.17) is 4.74 Å². The highest BCUT2D eigenvalue weighted by atomic mass is 16.5. The summed E-state index contributed by atoms with van der Waals surface area (Å²) < 4.78 is 5.32. The fraction of sp³-hybridized carbons (Fsp3) is 0.300. The number of nitrogens with one attached hydrogen (secondary N) is 2. The first-order valence-electron chi connectivity index (χ1n) is 8.74. The Morgan fingerprint density at radius 3 is 2.23 bits per heavy atom. The molecule has 1 saturated heterocycles. The van der Waals surface area contributed by atoms with Gasteiger partial charge < -0.3 is 9.64 Å². The van der Waals surface area contributed by atoms with Gasteiger partial charge in [-0.3, -0.25) is 15.0 Å². The van der Waals surface area contributed by atoms with Gasteiger partial charge in [0.15, 0.2) is 0 Å². The Hall–Kier alpha value is -2.70. The highest BCUT2D eigenvalue weighted by molar-refractivity contribution is 5.84. The Balaban J connectivity index is 1.65. The molecule has 136 valence electrons. The molecule has 1 aliphatic heterocycles. The summed E-state index contributed by atoms with van der Waals surface area (Å²) in [6.45, 7) is 2.19. The summed E-state index contributed by atoms with van der Waals surface area (Å²) in [6, 6.07) is 18.3. The van der Waals surface area contributed by atoms with Crippen LogP contribution in [0.3, 0.4) is 0 Å². The molecule has 0 aromatic heterocycles. The van der Waals surface area contributed by atoms with Crippen molar-refractivity contribution in [3.8, 4) is 0 Å². The normalized spacial score (nSPS) is 15.3. The molecule has 2 amide bonds. The Bertz CT molecular complexity index is 716. The maximum absolute atomic E-state index is 12.9. The molecule has 0 unspecified atom stereocenters. The highest BCUT2D eigenvalue weighted by Crippen LogP contribution is 2.16. The van der Waals surface area contributed by atoms with E-state index in [0.29, 0.717) is 26.3 Å². The van der Waals surface area contributed by atoms with Crippen LogP contribution in [0.15, 0.2) is 60.7 Å². The zero-order chi connectivity index (χ0) is 18.2. The molecule has 2 aromatic rings. The molecule has 2 aromatic carbocycles. The Morgan fingerprint density at radius 1 is 0.962 bits per heavy atom. The average molecular weight is 353 g/mol. The molecule has 1 aliphatic rings. The topological polar surface area (TPSA) is 70.7 Å². The van der Waals surface area contributed by atoms with Gasteiger partial charge in [0.1, 0.15) is 6.04 Å². The number of carbonyl (C=O) groups is 2. The van der Waals surface area contributed by atoms with Gasteiger partial charge in [-0.05, 0) is 11.1 Å². The summed E-state index contributed by atoms with van der Waals surface area (Å²) in [4.78, 5) is 26.9. The zero-order valence-electron chi connectivity index (χ0n) is 14.6. The van der Waals surface area contributed by atoms with Gasteiger partial charge >= 0.3 is 0 Å². The van der Waals surface area contributed by atoms with Crippen LogP contribution in [0, 0.1) is 0 Å². The second kappa shape index (κ2) is 9.12. The van der Waals surface area contributed by atoms with Gasteiger partial charge in [-0.15, -0.1) is 0 Å². The Kier molecular flexibility index (Phi) is 6.35. The van der Waals surface area contributed by atoms with Gasteiger partial charge in [-0.25, -0.2) is 5.43 Å². The van der Waals surface area contributed by atoms with Crippen LogP contribution < -0.4 is 10.9 Å². The number of amides is 2. The number of carbonyl (C=O) groups excluding carboxylic acids is 2. The van der Waals surface area contributed by atoms with E-state index in [0.717, 1.165) is 11.1 Å². The number of morpholine rings is 1. The number of nitrogens with zero attached hydrogens (tertiary/aromatic N) is 1. The van der Waals surface area contributed by atoms with Crippen molar-refractivity contribution in [3.63, 3.8) is 0 Å². The van der Waals surface area contributed by atoms with Crippen molar-refractivity contribution in [3.05, 3.63) is 71.8 Å². The summed E-state index contributed by atoms with van der Waals surface area (Å²) in [5.41, 5.74) is 7.33. The number of ether oxygens (including phenoxy) is 1. The van der Waals surface area contributed by atoms with Crippen molar-refractivity contribution < 1.29 is 14.3 Å². The van der Waals surface area contributed by atoms with Crippen LogP contribution in [-0.2, 0) is 20.7 Å². The van der Waals surface area contributed by atoms with Crippen LogP contribution in [0.25, 0.3) is 0 Å². The van der Waals surface area contributed by atoms with Crippen molar-refractivity contribution >= 4 is 11.8 Å². The third-order valence-electron chi connectivity index (χ3n) is 4.27. The van der Waals surface area contributed by atoms with Gasteiger partial charge in [0.05, 0.1) is 19.6 Å². The number of hydrogen-bond donors (Lipinski definition) is 2. The smallest absolute Gasteiger partial charge is 0.246 e. The van der Waals surface area contributed by atoms with E-state index in [9.17, 15) is 9.59 Å². The van der Waals surface area contributed by atoms with E-state index in [1.54, 1.807) is 4.90 Å². The summed E-state index contributed by atoms with van der Waals surface area (Å²) in [5, 5.41) is 0. The second-order valence-corrected chi connectivity index (χ2v) is 6.14. The minimum absolute atomic E-state index is 0.0699. The maximum Gasteiger partial charge on any atom is 0.246 e. The van der Waals surface area contributed by atoms with Crippen LogP contribution in [0.5, 0.6) is 0 Å². The predicted molar refractivity (Wildman–Crippen MR) is 98.0 cm³/mol. The van der Waals surface area contributed by atoms with Crippen molar-refractivity contribution in [1.82, 2.24) is 15.8 Å². The van der Waals surface area contributed by atoms with E-state index in [1.807, 2.05) is 60.7 Å². The molecule has 1 heterocycles. The second-order valence-electron chi connectivity index (χ2n) is 6.14. The zero-order valence-corrected chi connectivity index (χ0v) is 14.6. The first-order valence-corrected chi connectivity index (χ1v) is 8.74. The van der Waals surface area contributed by atoms with Gasteiger partial charge in [0.2, 0.25) is 11.8 Å². The standard InChI is InChI=1S/C20H23N3O3/c24-18(15-16-7-3-1-4-8-16)21-22-19(17-9-5-2-6-10-17)20(25)23-11-13-26-14-12-23/h1-10,19,22H,11-15H2,(H,21,24)/t19-/m1/s1. The molecule has 1 atom stereocenters. The molecule has 0 spiro atoms. The number of rotatable bonds is 6. The summed E-state index contributed by atoms with van der Waals surface area (Å²) >= 11 is 0. The van der Waals surface area contributed by atoms with E-state index in [1.165, 1.54) is 0 Å². The lowest BCUT2D eigenvalue weighted by Crippen LogP contribution is -2.50. The van der Waals surface area contributed by atoms with Crippen LogP contribution in [0.2, 0.25) is 0 Å². The Morgan fingerprint density at radius 2 is 1.58 bits per heavy atom. The van der Waals surface area contributed by atoms with Gasteiger partial charge in [-0.2, -0.15) is 0 Å². The van der Waals surface area contributed by atoms with E-state index < -0.39 is 6.04 Å². The largest absolute Gasteiger partial charge is 0.378 e. The molecule has 0 saturated carbocycles. The van der Waals surface area contributed by atoms with E-state index >= 15 is 0 Å². The van der Waals surface area contributed by atoms with E-state index in [2.05, 4.69) is 10.9 Å². The first-order chi connectivity index (χ1) is 12.7. The van der Waals surface area contributed by atoms with Crippen molar-refractivity contribution in [1.29, 1.82) is 0 Å². The minimum atomic E-state index is -0.631. The van der Waals surface area contributed by atoms with Gasteiger partial charge in [0.25, 0.3) is 0 Å². The molecular weight excluding hydrogens is 330 g/mol. The third kappa shape index (κ3) is 4.91. The summed E-state index contributed by atoms with van der Waals surface area (Å²) in [6.07, 6.45) is 0.251. The third-order valence-corrected chi connectivity index (χ3v) is 4.27. The van der Waals surface area contributed by atoms with Crippen LogP contribution in [0.4, 0.5) is 0 Å². The highest BCUT2D eigenvalue weighted by Gasteiger charge is 2.27. The quantitative estimate of drug-likeness (QED) is 0.771. The molecule has 3 rings (SSSR count). The molecule has 0 aliphatic carbocycles. The molecule has 6 heteroatoms. The summed E-state index contributed by atoms with van der Waals surface area (Å²) in [5.74, 6) is -0.258. The molecule has 2 N–H and O–H groups in total. The number of hydrogen-bond acceptors (Lipinski definition) is 4. The van der Waals surface area contributed by atoms with Crippen LogP contribution >= 0.6 is 0 Å². The van der Waals surface area contributed by atoms with Crippen LogP contribution in [0.1, 0.15) is 17.2 Å². The van der Waals surface area contributed by atoms with Crippen molar-refractivity contribution in [2.75, 3.05) is 26.3 Å². The van der Waals surface area contributed by atoms with Crippen molar-refractivity contribution in [2.45, 2.75) is 12.5 Å². The van der Waals surface area contributed by atoms with Gasteiger partial charge in [-0.1, -0.05) is 60.7 Å². The molecule has 26 heavy (non-hydrogen) atoms. The Labute approximate surface area is 153 Å². The SMILES string of the molecule is O=C(Cc1ccccc1)NN[C@@H](C(=O)N1CCOCC1)c1ccccc1. The van der Waals surface area contributed by atoms with Crippen LogP contribution in [-0.4, -0.2) is 43.0 Å². The average Bonchev–Trinajstić information content (AvgIpc) is 2.70. The molecular formula is C20H23N3O3. The lowest BCUT2D eigenvalue weighted by molar-refractivity contribution is -0.138. The molecule has 0 bridgehead atoms. The van der Waals surface area contributed by atoms with Crippen molar-refractivity contribution in [2.24, 2.45) is 0 Å². The molecule has 0 radical (unpaired) electrons. The molecule has 1 fully saturated rings. The molecule has 6 nitrogen and oxygen atoms in total.